The van der Waals surface area contributed by atoms with Gasteiger partial charge in [0, 0.05) is 7.11 Å². The number of rotatable bonds is 5. The first-order valence-electron chi connectivity index (χ1n) is 7.29. The van der Waals surface area contributed by atoms with E-state index in [1.165, 1.54) is 0 Å². The van der Waals surface area contributed by atoms with Gasteiger partial charge in [0.05, 0.1) is 32.6 Å². The molecular formula is C12H31NO4Si3. The summed E-state index contributed by atoms with van der Waals surface area (Å²) in [5, 5.41) is 0. The highest BCUT2D eigenvalue weighted by Crippen LogP contribution is 2.24. The van der Waals surface area contributed by atoms with E-state index in [1.807, 2.05) is 0 Å². The SMILES string of the molecule is CO[Si]1(CN([Si](C)(C)C)[Si](C)(C)C)OCCOCCO1. The molecule has 1 aliphatic rings. The van der Waals surface area contributed by atoms with Gasteiger partial charge in [-0.3, -0.25) is 0 Å². The largest absolute Gasteiger partial charge is 0.514 e. The first-order valence-corrected chi connectivity index (χ1v) is 16.1. The first kappa shape index (κ1) is 18.5. The summed E-state index contributed by atoms with van der Waals surface area (Å²) in [4.78, 5) is 0. The zero-order valence-electron chi connectivity index (χ0n) is 14.1. The van der Waals surface area contributed by atoms with Crippen molar-refractivity contribution in [1.29, 1.82) is 0 Å². The molecule has 0 N–H and O–H groups in total. The van der Waals surface area contributed by atoms with Crippen molar-refractivity contribution < 1.29 is 18.0 Å². The third kappa shape index (κ3) is 5.34. The fourth-order valence-electron chi connectivity index (χ4n) is 2.60. The molecule has 20 heavy (non-hydrogen) atoms. The summed E-state index contributed by atoms with van der Waals surface area (Å²) < 4.78 is 25.9. The van der Waals surface area contributed by atoms with Gasteiger partial charge in [-0.15, -0.1) is 0 Å². The standard InChI is InChI=1S/C12H31NO4Si3/c1-14-20(16-10-8-15-9-11-17-20)12-13(18(2,3)4)19(5,6)7/h8-12H2,1-7H3. The van der Waals surface area contributed by atoms with E-state index in [2.05, 4.69) is 43.5 Å². The average Bonchev–Trinajstić information content (AvgIpc) is 2.25. The van der Waals surface area contributed by atoms with Crippen molar-refractivity contribution in [2.75, 3.05) is 39.7 Å². The first-order chi connectivity index (χ1) is 9.11. The smallest absolute Gasteiger partial charge is 0.377 e. The van der Waals surface area contributed by atoms with Crippen molar-refractivity contribution in [3.63, 3.8) is 0 Å². The normalized spacial score (nSPS) is 21.6. The van der Waals surface area contributed by atoms with Crippen LogP contribution in [0.2, 0.25) is 39.3 Å². The zero-order chi connectivity index (χ0) is 15.4. The third-order valence-electron chi connectivity index (χ3n) is 3.38. The molecule has 0 atom stereocenters. The van der Waals surface area contributed by atoms with E-state index < -0.39 is 25.3 Å². The molecule has 0 aliphatic carbocycles. The fraction of sp³-hybridized carbons (Fsp3) is 1.00. The molecule has 0 spiro atoms. The van der Waals surface area contributed by atoms with E-state index in [0.717, 1.165) is 6.17 Å². The highest BCUT2D eigenvalue weighted by Gasteiger charge is 2.48. The monoisotopic (exact) mass is 337 g/mol. The molecule has 0 aromatic heterocycles. The van der Waals surface area contributed by atoms with Gasteiger partial charge in [0.2, 0.25) is 0 Å². The van der Waals surface area contributed by atoms with E-state index in [1.54, 1.807) is 7.11 Å². The Labute approximate surface area is 127 Å². The van der Waals surface area contributed by atoms with Gasteiger partial charge >= 0.3 is 8.80 Å². The minimum atomic E-state index is -2.61. The molecule has 0 bridgehead atoms. The molecule has 8 heteroatoms. The quantitative estimate of drug-likeness (QED) is 0.719. The van der Waals surface area contributed by atoms with E-state index in [9.17, 15) is 0 Å². The van der Waals surface area contributed by atoms with Gasteiger partial charge in [-0.2, -0.15) is 0 Å². The van der Waals surface area contributed by atoms with Crippen molar-refractivity contribution in [2.24, 2.45) is 0 Å². The minimum Gasteiger partial charge on any atom is -0.377 e. The lowest BCUT2D eigenvalue weighted by molar-refractivity contribution is -0.0111. The summed E-state index contributed by atoms with van der Waals surface area (Å²) in [7, 11) is -3.76. The predicted molar refractivity (Wildman–Crippen MR) is 88.9 cm³/mol. The summed E-state index contributed by atoms with van der Waals surface area (Å²) in [5.41, 5.74) is 0. The van der Waals surface area contributed by atoms with Crippen LogP contribution in [-0.2, 0) is 18.0 Å². The van der Waals surface area contributed by atoms with Gasteiger partial charge in [0.25, 0.3) is 0 Å². The molecule has 1 saturated heterocycles. The lowest BCUT2D eigenvalue weighted by Gasteiger charge is -2.46. The Balaban J connectivity index is 2.91. The Morgan fingerprint density at radius 3 is 1.70 bits per heavy atom. The Morgan fingerprint density at radius 1 is 0.900 bits per heavy atom. The molecule has 0 radical (unpaired) electrons. The van der Waals surface area contributed by atoms with Crippen molar-refractivity contribution in [3.8, 4) is 0 Å². The molecule has 0 aromatic rings. The topological polar surface area (TPSA) is 40.2 Å². The number of ether oxygens (including phenoxy) is 1. The van der Waals surface area contributed by atoms with Crippen LogP contribution < -0.4 is 0 Å². The third-order valence-corrected chi connectivity index (χ3v) is 14.2. The van der Waals surface area contributed by atoms with Crippen molar-refractivity contribution in [2.45, 2.75) is 39.3 Å². The summed E-state index contributed by atoms with van der Waals surface area (Å²) in [6.45, 7) is 16.7. The van der Waals surface area contributed by atoms with Crippen LogP contribution in [0.25, 0.3) is 0 Å². The molecule has 0 amide bonds. The van der Waals surface area contributed by atoms with Crippen LogP contribution in [0, 0.1) is 0 Å². The highest BCUT2D eigenvalue weighted by molar-refractivity contribution is 6.90. The second-order valence-electron chi connectivity index (χ2n) is 7.12. The van der Waals surface area contributed by atoms with Crippen LogP contribution in [0.4, 0.5) is 0 Å². The van der Waals surface area contributed by atoms with Crippen LogP contribution in [0.1, 0.15) is 0 Å². The second-order valence-corrected chi connectivity index (χ2v) is 20.0. The molecule has 1 aliphatic heterocycles. The summed E-state index contributed by atoms with van der Waals surface area (Å²) >= 11 is 0. The molecular weight excluding hydrogens is 306 g/mol. The molecule has 0 saturated carbocycles. The predicted octanol–water partition coefficient (Wildman–Crippen LogP) is 2.15. The van der Waals surface area contributed by atoms with E-state index in [0.29, 0.717) is 26.4 Å². The Hall–Kier alpha value is 0.451. The number of hydrogen-bond acceptors (Lipinski definition) is 5. The van der Waals surface area contributed by atoms with Crippen LogP contribution in [0.5, 0.6) is 0 Å². The summed E-state index contributed by atoms with van der Waals surface area (Å²) in [5.74, 6) is 0. The number of nitrogens with zero attached hydrogens (tertiary/aromatic N) is 1. The molecule has 0 aromatic carbocycles. The van der Waals surface area contributed by atoms with E-state index >= 15 is 0 Å². The second kappa shape index (κ2) is 7.14. The van der Waals surface area contributed by atoms with E-state index in [4.69, 9.17) is 18.0 Å². The summed E-state index contributed by atoms with van der Waals surface area (Å²) in [6, 6.07) is 0. The van der Waals surface area contributed by atoms with E-state index in [-0.39, 0.29) is 0 Å². The van der Waals surface area contributed by atoms with Crippen LogP contribution in [0.3, 0.4) is 0 Å². The van der Waals surface area contributed by atoms with Crippen molar-refractivity contribution >= 4 is 25.3 Å². The van der Waals surface area contributed by atoms with Gasteiger partial charge in [-0.1, -0.05) is 39.3 Å². The average molecular weight is 338 g/mol. The van der Waals surface area contributed by atoms with Crippen LogP contribution >= 0.6 is 0 Å². The number of hydrogen-bond donors (Lipinski definition) is 0. The fourth-order valence-corrected chi connectivity index (χ4v) is 17.4. The molecule has 1 rings (SSSR count). The van der Waals surface area contributed by atoms with Gasteiger partial charge in [0.15, 0.2) is 0 Å². The lowest BCUT2D eigenvalue weighted by atomic mass is 10.7. The van der Waals surface area contributed by atoms with Crippen molar-refractivity contribution in [3.05, 3.63) is 0 Å². The van der Waals surface area contributed by atoms with Crippen molar-refractivity contribution in [1.82, 2.24) is 4.23 Å². The maximum absolute atomic E-state index is 6.01. The van der Waals surface area contributed by atoms with Gasteiger partial charge < -0.3 is 22.2 Å². The molecule has 1 heterocycles. The Morgan fingerprint density at radius 2 is 1.35 bits per heavy atom. The zero-order valence-corrected chi connectivity index (χ0v) is 17.1. The molecule has 1 fully saturated rings. The minimum absolute atomic E-state index is 0.561. The maximum Gasteiger partial charge on any atom is 0.514 e. The summed E-state index contributed by atoms with van der Waals surface area (Å²) in [6.07, 6.45) is 0.814. The molecule has 0 unspecified atom stereocenters. The Kier molecular flexibility index (Phi) is 6.61. The van der Waals surface area contributed by atoms with Gasteiger partial charge in [0.1, 0.15) is 16.5 Å². The lowest BCUT2D eigenvalue weighted by Crippen LogP contribution is -2.67. The van der Waals surface area contributed by atoms with Crippen LogP contribution in [-0.4, -0.2) is 69.2 Å². The van der Waals surface area contributed by atoms with Gasteiger partial charge in [-0.05, 0) is 0 Å². The molecule has 120 valence electrons. The maximum atomic E-state index is 6.01. The van der Waals surface area contributed by atoms with Gasteiger partial charge in [-0.25, -0.2) is 0 Å². The highest BCUT2D eigenvalue weighted by atomic mass is 28.4. The Bertz CT molecular complexity index is 282. The molecule has 5 nitrogen and oxygen atoms in total. The van der Waals surface area contributed by atoms with Crippen LogP contribution in [0.15, 0.2) is 0 Å².